The van der Waals surface area contributed by atoms with Gasteiger partial charge in [-0.1, -0.05) is 18.2 Å². The van der Waals surface area contributed by atoms with Gasteiger partial charge in [0.15, 0.2) is 6.10 Å². The number of aromatic nitrogens is 2. The zero-order valence-electron chi connectivity index (χ0n) is 14.4. The van der Waals surface area contributed by atoms with E-state index in [0.717, 1.165) is 12.8 Å². The minimum atomic E-state index is -1.16. The number of esters is 1. The van der Waals surface area contributed by atoms with Crippen LogP contribution in [0.25, 0.3) is 5.69 Å². The van der Waals surface area contributed by atoms with Gasteiger partial charge in [-0.05, 0) is 32.9 Å². The Bertz CT molecular complexity index is 798. The molecule has 0 fully saturated rings. The van der Waals surface area contributed by atoms with E-state index in [1.807, 2.05) is 35.6 Å². The number of carbonyl (C=O) groups excluding carboxylic acids is 3. The van der Waals surface area contributed by atoms with Crippen LogP contribution in [0.15, 0.2) is 30.3 Å². The number of methoxy groups -OCH3 is 1. The number of amides is 2. The molecule has 8 nitrogen and oxygen atoms in total. The lowest BCUT2D eigenvalue weighted by atomic mass is 10.2. The van der Waals surface area contributed by atoms with Crippen molar-refractivity contribution in [2.45, 2.75) is 26.9 Å². The Kier molecular flexibility index (Phi) is 5.53. The first-order chi connectivity index (χ1) is 11.8. The lowest BCUT2D eigenvalue weighted by molar-refractivity contribution is -0.128. The predicted octanol–water partition coefficient (Wildman–Crippen LogP) is 1.92. The van der Waals surface area contributed by atoms with Gasteiger partial charge >= 0.3 is 12.1 Å². The molecule has 0 saturated carbocycles. The summed E-state index contributed by atoms with van der Waals surface area (Å²) in [5.41, 5.74) is 2.15. The van der Waals surface area contributed by atoms with Crippen LogP contribution in [0.5, 0.6) is 0 Å². The average molecular weight is 345 g/mol. The summed E-state index contributed by atoms with van der Waals surface area (Å²) in [6.45, 7) is 4.79. The van der Waals surface area contributed by atoms with Crippen molar-refractivity contribution in [1.82, 2.24) is 15.1 Å². The van der Waals surface area contributed by atoms with Crippen molar-refractivity contribution < 1.29 is 23.9 Å². The zero-order chi connectivity index (χ0) is 18.6. The van der Waals surface area contributed by atoms with Gasteiger partial charge in [0.2, 0.25) is 0 Å². The fourth-order valence-corrected chi connectivity index (χ4v) is 2.28. The number of nitrogens with one attached hydrogen (secondary N) is 1. The fraction of sp³-hybridized carbons (Fsp3) is 0.294. The van der Waals surface area contributed by atoms with Crippen LogP contribution in [0.3, 0.4) is 0 Å². The molecule has 132 valence electrons. The summed E-state index contributed by atoms with van der Waals surface area (Å²) in [5, 5.41) is 6.30. The minimum absolute atomic E-state index is 0.279. The molecule has 0 bridgehead atoms. The number of aryl methyl sites for hydroxylation is 1. The van der Waals surface area contributed by atoms with Crippen LogP contribution < -0.4 is 5.32 Å². The maximum Gasteiger partial charge on any atom is 0.413 e. The molecule has 25 heavy (non-hydrogen) atoms. The molecule has 0 saturated heterocycles. The molecule has 2 amide bonds. The van der Waals surface area contributed by atoms with E-state index >= 15 is 0 Å². The van der Waals surface area contributed by atoms with Gasteiger partial charge in [0, 0.05) is 0 Å². The summed E-state index contributed by atoms with van der Waals surface area (Å²) in [4.78, 5) is 35.2. The SMILES string of the molecule is COC(=O)NC(=O)[C@@H](C)OC(=O)c1c(C)nn(-c2ccccc2)c1C. The van der Waals surface area contributed by atoms with Gasteiger partial charge in [-0.25, -0.2) is 14.3 Å². The van der Waals surface area contributed by atoms with Crippen molar-refractivity contribution in [3.05, 3.63) is 47.3 Å². The normalized spacial score (nSPS) is 11.5. The van der Waals surface area contributed by atoms with Gasteiger partial charge in [0.1, 0.15) is 5.56 Å². The second-order valence-corrected chi connectivity index (χ2v) is 5.32. The van der Waals surface area contributed by atoms with Crippen LogP contribution in [0.2, 0.25) is 0 Å². The first-order valence-corrected chi connectivity index (χ1v) is 7.56. The molecule has 1 N–H and O–H groups in total. The highest BCUT2D eigenvalue weighted by Crippen LogP contribution is 2.19. The summed E-state index contributed by atoms with van der Waals surface area (Å²) >= 11 is 0. The molecule has 0 radical (unpaired) electrons. The Morgan fingerprint density at radius 3 is 2.40 bits per heavy atom. The van der Waals surface area contributed by atoms with Crippen LogP contribution in [0, 0.1) is 13.8 Å². The number of benzene rings is 1. The minimum Gasteiger partial charge on any atom is -0.453 e. The fourth-order valence-electron chi connectivity index (χ4n) is 2.28. The Balaban J connectivity index is 2.19. The number of ether oxygens (including phenoxy) is 2. The molecular weight excluding hydrogens is 326 g/mol. The Morgan fingerprint density at radius 2 is 1.80 bits per heavy atom. The Morgan fingerprint density at radius 1 is 1.16 bits per heavy atom. The number of para-hydroxylation sites is 1. The third kappa shape index (κ3) is 4.03. The van der Waals surface area contributed by atoms with E-state index in [4.69, 9.17) is 4.74 Å². The van der Waals surface area contributed by atoms with Crippen molar-refractivity contribution in [3.8, 4) is 5.69 Å². The zero-order valence-corrected chi connectivity index (χ0v) is 14.4. The first-order valence-electron chi connectivity index (χ1n) is 7.56. The van der Waals surface area contributed by atoms with Gasteiger partial charge in [-0.2, -0.15) is 5.10 Å². The molecule has 1 aromatic carbocycles. The number of rotatable bonds is 4. The van der Waals surface area contributed by atoms with Crippen LogP contribution in [-0.2, 0) is 14.3 Å². The highest BCUT2D eigenvalue weighted by atomic mass is 16.6. The van der Waals surface area contributed by atoms with E-state index < -0.39 is 24.1 Å². The average Bonchev–Trinajstić information content (AvgIpc) is 2.89. The lowest BCUT2D eigenvalue weighted by Gasteiger charge is -2.12. The van der Waals surface area contributed by atoms with E-state index in [2.05, 4.69) is 9.84 Å². The van der Waals surface area contributed by atoms with Crippen LogP contribution >= 0.6 is 0 Å². The quantitative estimate of drug-likeness (QED) is 0.850. The van der Waals surface area contributed by atoms with E-state index in [-0.39, 0.29) is 5.56 Å². The summed E-state index contributed by atoms with van der Waals surface area (Å²) < 4.78 is 11.1. The van der Waals surface area contributed by atoms with E-state index in [9.17, 15) is 14.4 Å². The molecule has 0 aliphatic carbocycles. The van der Waals surface area contributed by atoms with Crippen molar-refractivity contribution in [3.63, 3.8) is 0 Å². The summed E-state index contributed by atoms with van der Waals surface area (Å²) in [7, 11) is 1.13. The van der Waals surface area contributed by atoms with E-state index in [1.165, 1.54) is 6.92 Å². The monoisotopic (exact) mass is 345 g/mol. The first kappa shape index (κ1) is 18.2. The molecule has 0 aliphatic heterocycles. The number of imide groups is 1. The third-order valence-electron chi connectivity index (χ3n) is 3.56. The molecule has 2 aromatic rings. The molecule has 0 aliphatic rings. The van der Waals surface area contributed by atoms with Gasteiger partial charge in [-0.15, -0.1) is 0 Å². The van der Waals surface area contributed by atoms with Crippen LogP contribution in [-0.4, -0.2) is 41.0 Å². The molecule has 1 atom stereocenters. The highest BCUT2D eigenvalue weighted by molar-refractivity contribution is 5.97. The summed E-state index contributed by atoms with van der Waals surface area (Å²) in [6.07, 6.45) is -2.08. The smallest absolute Gasteiger partial charge is 0.413 e. The largest absolute Gasteiger partial charge is 0.453 e. The Labute approximate surface area is 144 Å². The van der Waals surface area contributed by atoms with Crippen molar-refractivity contribution >= 4 is 18.0 Å². The number of hydrogen-bond acceptors (Lipinski definition) is 6. The second kappa shape index (κ2) is 7.61. The number of alkyl carbamates (subject to hydrolysis) is 1. The molecule has 0 spiro atoms. The van der Waals surface area contributed by atoms with Crippen LogP contribution in [0.1, 0.15) is 28.7 Å². The number of hydrogen-bond donors (Lipinski definition) is 1. The summed E-state index contributed by atoms with van der Waals surface area (Å²) in [6, 6.07) is 9.33. The van der Waals surface area contributed by atoms with Gasteiger partial charge < -0.3 is 9.47 Å². The van der Waals surface area contributed by atoms with Crippen LogP contribution in [0.4, 0.5) is 4.79 Å². The maximum atomic E-state index is 12.4. The van der Waals surface area contributed by atoms with Gasteiger partial charge in [0.25, 0.3) is 5.91 Å². The van der Waals surface area contributed by atoms with Crippen molar-refractivity contribution in [2.24, 2.45) is 0 Å². The summed E-state index contributed by atoms with van der Waals surface area (Å²) in [5.74, 6) is -1.46. The molecule has 2 rings (SSSR count). The maximum absolute atomic E-state index is 12.4. The predicted molar refractivity (Wildman–Crippen MR) is 88.5 cm³/mol. The molecule has 8 heteroatoms. The molecule has 1 aromatic heterocycles. The van der Waals surface area contributed by atoms with Gasteiger partial charge in [-0.3, -0.25) is 10.1 Å². The lowest BCUT2D eigenvalue weighted by Crippen LogP contribution is -2.39. The topological polar surface area (TPSA) is 99.5 Å². The van der Waals surface area contributed by atoms with Gasteiger partial charge in [0.05, 0.1) is 24.2 Å². The standard InChI is InChI=1S/C17H19N3O5/c1-10-14(11(2)20(19-10)13-8-6-5-7-9-13)16(22)25-12(3)15(21)18-17(23)24-4/h5-9,12H,1-4H3,(H,18,21,23)/t12-/m1/s1. The molecular formula is C17H19N3O5. The highest BCUT2D eigenvalue weighted by Gasteiger charge is 2.25. The van der Waals surface area contributed by atoms with E-state index in [1.54, 1.807) is 18.5 Å². The second-order valence-electron chi connectivity index (χ2n) is 5.32. The van der Waals surface area contributed by atoms with E-state index in [0.29, 0.717) is 11.4 Å². The number of nitrogens with zero attached hydrogens (tertiary/aromatic N) is 2. The van der Waals surface area contributed by atoms with Crippen molar-refractivity contribution in [2.75, 3.05) is 7.11 Å². The molecule has 0 unspecified atom stereocenters. The molecule has 1 heterocycles. The third-order valence-corrected chi connectivity index (χ3v) is 3.56. The number of carbonyl (C=O) groups is 3. The van der Waals surface area contributed by atoms with Crippen molar-refractivity contribution in [1.29, 1.82) is 0 Å². The Hall–Kier alpha value is -3.16.